The standard InChI is InChI=1S/C10H6F6O/c1-5-4-6(8(17)10(14,15)16)2-3-7(5)9(11,12)13/h2-4H,1H3. The Hall–Kier alpha value is -1.53. The monoisotopic (exact) mass is 256 g/mol. The molecule has 1 aromatic rings. The van der Waals surface area contributed by atoms with E-state index in [-0.39, 0.29) is 0 Å². The number of aryl methyl sites for hydroxylation is 1. The van der Waals surface area contributed by atoms with Crippen molar-refractivity contribution in [1.82, 2.24) is 0 Å². The zero-order chi connectivity index (χ0) is 13.4. The number of benzene rings is 1. The maximum atomic E-state index is 12.3. The van der Waals surface area contributed by atoms with Crippen LogP contribution in [0.4, 0.5) is 26.3 Å². The van der Waals surface area contributed by atoms with Gasteiger partial charge in [0, 0.05) is 5.56 Å². The molecule has 1 rings (SSSR count). The first-order valence-electron chi connectivity index (χ1n) is 4.33. The van der Waals surface area contributed by atoms with Crippen molar-refractivity contribution in [1.29, 1.82) is 0 Å². The first kappa shape index (κ1) is 13.5. The number of halogens is 6. The van der Waals surface area contributed by atoms with Gasteiger partial charge in [0.15, 0.2) is 0 Å². The van der Waals surface area contributed by atoms with Crippen LogP contribution in [0.15, 0.2) is 18.2 Å². The Morgan fingerprint density at radius 1 is 1.06 bits per heavy atom. The normalized spacial score (nSPS) is 12.6. The van der Waals surface area contributed by atoms with Gasteiger partial charge in [-0.25, -0.2) is 0 Å². The highest BCUT2D eigenvalue weighted by Gasteiger charge is 2.40. The number of hydrogen-bond donors (Lipinski definition) is 0. The lowest BCUT2D eigenvalue weighted by Crippen LogP contribution is -2.23. The lowest BCUT2D eigenvalue weighted by Gasteiger charge is -2.11. The van der Waals surface area contributed by atoms with Crippen LogP contribution < -0.4 is 0 Å². The summed E-state index contributed by atoms with van der Waals surface area (Å²) in [6, 6.07) is 1.57. The topological polar surface area (TPSA) is 17.1 Å². The van der Waals surface area contributed by atoms with E-state index in [0.717, 1.165) is 6.92 Å². The minimum atomic E-state index is -5.09. The fourth-order valence-electron chi connectivity index (χ4n) is 1.29. The fraction of sp³-hybridized carbons (Fsp3) is 0.300. The smallest absolute Gasteiger partial charge is 0.284 e. The number of carbonyl (C=O) groups is 1. The Morgan fingerprint density at radius 2 is 1.59 bits per heavy atom. The average Bonchev–Trinajstić information content (AvgIpc) is 2.12. The van der Waals surface area contributed by atoms with E-state index in [1.165, 1.54) is 0 Å². The van der Waals surface area contributed by atoms with Crippen molar-refractivity contribution < 1.29 is 31.1 Å². The van der Waals surface area contributed by atoms with Crippen LogP contribution in [0, 0.1) is 6.92 Å². The van der Waals surface area contributed by atoms with Crippen LogP contribution in [-0.2, 0) is 6.18 Å². The Balaban J connectivity index is 3.19. The molecule has 0 aromatic heterocycles. The van der Waals surface area contributed by atoms with Crippen LogP contribution in [0.1, 0.15) is 21.5 Å². The van der Waals surface area contributed by atoms with Gasteiger partial charge in [0.05, 0.1) is 5.56 Å². The molecular formula is C10H6F6O. The molecule has 0 bridgehead atoms. The van der Waals surface area contributed by atoms with Crippen molar-refractivity contribution in [3.63, 3.8) is 0 Å². The summed E-state index contributed by atoms with van der Waals surface area (Å²) in [5.41, 5.74) is -2.29. The Bertz CT molecular complexity index is 443. The summed E-state index contributed by atoms with van der Waals surface area (Å²) in [5.74, 6) is -2.16. The molecule has 17 heavy (non-hydrogen) atoms. The van der Waals surface area contributed by atoms with E-state index < -0.39 is 34.8 Å². The molecule has 7 heteroatoms. The van der Waals surface area contributed by atoms with Gasteiger partial charge in [-0.1, -0.05) is 6.07 Å². The summed E-state index contributed by atoms with van der Waals surface area (Å²) in [4.78, 5) is 10.8. The van der Waals surface area contributed by atoms with Crippen LogP contribution in [0.3, 0.4) is 0 Å². The molecule has 0 spiro atoms. The molecule has 0 saturated heterocycles. The first-order chi connectivity index (χ1) is 7.53. The second-order valence-electron chi connectivity index (χ2n) is 3.35. The Morgan fingerprint density at radius 3 is 1.94 bits per heavy atom. The summed E-state index contributed by atoms with van der Waals surface area (Å²) < 4.78 is 73.0. The molecule has 0 atom stereocenters. The van der Waals surface area contributed by atoms with Gasteiger partial charge in [-0.3, -0.25) is 4.79 Å². The van der Waals surface area contributed by atoms with Gasteiger partial charge in [0.2, 0.25) is 0 Å². The van der Waals surface area contributed by atoms with Crippen LogP contribution in [-0.4, -0.2) is 12.0 Å². The van der Waals surface area contributed by atoms with Crippen molar-refractivity contribution in [3.05, 3.63) is 34.9 Å². The zero-order valence-corrected chi connectivity index (χ0v) is 8.41. The van der Waals surface area contributed by atoms with Crippen molar-refractivity contribution in [2.75, 3.05) is 0 Å². The van der Waals surface area contributed by atoms with E-state index >= 15 is 0 Å². The lowest BCUT2D eigenvalue weighted by atomic mass is 10.0. The van der Waals surface area contributed by atoms with Gasteiger partial charge in [0.25, 0.3) is 5.78 Å². The summed E-state index contributed by atoms with van der Waals surface area (Å²) in [6.07, 6.45) is -9.74. The summed E-state index contributed by atoms with van der Waals surface area (Å²) in [5, 5.41) is 0. The largest absolute Gasteiger partial charge is 0.454 e. The van der Waals surface area contributed by atoms with Gasteiger partial charge in [-0.2, -0.15) is 26.3 Å². The number of alkyl halides is 6. The van der Waals surface area contributed by atoms with Crippen LogP contribution in [0.5, 0.6) is 0 Å². The van der Waals surface area contributed by atoms with Crippen molar-refractivity contribution >= 4 is 5.78 Å². The quantitative estimate of drug-likeness (QED) is 0.552. The molecule has 0 aliphatic rings. The minimum absolute atomic E-state index is 0.424. The molecular weight excluding hydrogens is 250 g/mol. The Labute approximate surface area is 92.0 Å². The molecule has 0 N–H and O–H groups in total. The maximum Gasteiger partial charge on any atom is 0.454 e. The van der Waals surface area contributed by atoms with E-state index in [4.69, 9.17) is 0 Å². The van der Waals surface area contributed by atoms with E-state index in [2.05, 4.69) is 0 Å². The second-order valence-corrected chi connectivity index (χ2v) is 3.35. The molecule has 0 unspecified atom stereocenters. The van der Waals surface area contributed by atoms with Crippen LogP contribution in [0.25, 0.3) is 0 Å². The number of Topliss-reactive ketones (excluding diaryl/α,β-unsaturated/α-hetero) is 1. The minimum Gasteiger partial charge on any atom is -0.284 e. The average molecular weight is 256 g/mol. The molecule has 0 aliphatic carbocycles. The van der Waals surface area contributed by atoms with E-state index in [0.29, 0.717) is 18.2 Å². The zero-order valence-electron chi connectivity index (χ0n) is 8.41. The number of ketones is 1. The van der Waals surface area contributed by atoms with E-state index in [1.807, 2.05) is 0 Å². The predicted molar refractivity (Wildman–Crippen MR) is 46.6 cm³/mol. The molecule has 0 amide bonds. The number of hydrogen-bond acceptors (Lipinski definition) is 1. The number of rotatable bonds is 1. The maximum absolute atomic E-state index is 12.3. The predicted octanol–water partition coefficient (Wildman–Crippen LogP) is 3.76. The summed E-state index contributed by atoms with van der Waals surface area (Å²) in [7, 11) is 0. The molecule has 1 nitrogen and oxygen atoms in total. The fourth-order valence-corrected chi connectivity index (χ4v) is 1.29. The van der Waals surface area contributed by atoms with E-state index in [1.54, 1.807) is 0 Å². The van der Waals surface area contributed by atoms with Crippen molar-refractivity contribution in [3.8, 4) is 0 Å². The van der Waals surface area contributed by atoms with Crippen molar-refractivity contribution in [2.45, 2.75) is 19.3 Å². The molecule has 94 valence electrons. The SMILES string of the molecule is Cc1cc(C(=O)C(F)(F)F)ccc1C(F)(F)F. The summed E-state index contributed by atoms with van der Waals surface area (Å²) in [6.45, 7) is 0.996. The highest BCUT2D eigenvalue weighted by molar-refractivity contribution is 6.00. The highest BCUT2D eigenvalue weighted by atomic mass is 19.4. The molecule has 0 saturated carbocycles. The molecule has 0 aliphatic heterocycles. The summed E-state index contributed by atoms with van der Waals surface area (Å²) >= 11 is 0. The van der Waals surface area contributed by atoms with Gasteiger partial charge >= 0.3 is 12.4 Å². The van der Waals surface area contributed by atoms with Gasteiger partial charge < -0.3 is 0 Å². The molecule has 0 fully saturated rings. The third-order valence-corrected chi connectivity index (χ3v) is 2.05. The second kappa shape index (κ2) is 4.05. The van der Waals surface area contributed by atoms with Gasteiger partial charge in [-0.05, 0) is 24.6 Å². The highest BCUT2D eigenvalue weighted by Crippen LogP contribution is 2.33. The van der Waals surface area contributed by atoms with Crippen LogP contribution in [0.2, 0.25) is 0 Å². The third-order valence-electron chi connectivity index (χ3n) is 2.05. The number of carbonyl (C=O) groups excluding carboxylic acids is 1. The first-order valence-corrected chi connectivity index (χ1v) is 4.33. The van der Waals surface area contributed by atoms with Gasteiger partial charge in [-0.15, -0.1) is 0 Å². The molecule has 0 radical (unpaired) electrons. The van der Waals surface area contributed by atoms with E-state index in [9.17, 15) is 31.1 Å². The van der Waals surface area contributed by atoms with Crippen LogP contribution >= 0.6 is 0 Å². The van der Waals surface area contributed by atoms with Crippen molar-refractivity contribution in [2.24, 2.45) is 0 Å². The third kappa shape index (κ3) is 2.98. The van der Waals surface area contributed by atoms with Gasteiger partial charge in [0.1, 0.15) is 0 Å². The molecule has 0 heterocycles. The Kier molecular flexibility index (Phi) is 3.22. The molecule has 1 aromatic carbocycles. The lowest BCUT2D eigenvalue weighted by molar-refractivity contribution is -0.138.